The number of amides is 2. The molecule has 0 bridgehead atoms. The number of nitrogens with one attached hydrogen (secondary N) is 1. The average Bonchev–Trinajstić information content (AvgIpc) is 3.61. The lowest BCUT2D eigenvalue weighted by Gasteiger charge is -2.23. The molecule has 0 fully saturated rings. The lowest BCUT2D eigenvalue weighted by atomic mass is 10.1. The molecule has 2 amide bonds. The summed E-state index contributed by atoms with van der Waals surface area (Å²) in [4.78, 5) is 48.8. The number of nitrogens with zero attached hydrogens (tertiary/aromatic N) is 4. The summed E-state index contributed by atoms with van der Waals surface area (Å²) in [7, 11) is 2.16. The van der Waals surface area contributed by atoms with Crippen LogP contribution in [0.1, 0.15) is 57.3 Å². The number of alkyl halides is 1. The zero-order valence-corrected chi connectivity index (χ0v) is 36.9. The van der Waals surface area contributed by atoms with E-state index in [1.165, 1.54) is 31.7 Å². The minimum Gasteiger partial charge on any atom is -0.384 e. The van der Waals surface area contributed by atoms with Crippen molar-refractivity contribution < 1.29 is 19.0 Å². The highest BCUT2D eigenvalue weighted by Crippen LogP contribution is 2.39. The summed E-state index contributed by atoms with van der Waals surface area (Å²) in [6, 6.07) is 42.6. The first kappa shape index (κ1) is 41.0. The molecule has 11 heteroatoms. The molecule has 1 atom stereocenters. The van der Waals surface area contributed by atoms with Gasteiger partial charge in [-0.05, 0) is 67.9 Å². The topological polar surface area (TPSA) is 86.5 Å². The van der Waals surface area contributed by atoms with Crippen molar-refractivity contribution in [3.05, 3.63) is 170 Å². The minimum absolute atomic E-state index is 0.0361. The Hall–Kier alpha value is -5.75. The van der Waals surface area contributed by atoms with E-state index in [2.05, 4.69) is 70.1 Å². The van der Waals surface area contributed by atoms with Crippen molar-refractivity contribution in [3.63, 3.8) is 0 Å². The molecule has 10 rings (SSSR count). The molecule has 0 aliphatic carbocycles. The van der Waals surface area contributed by atoms with Gasteiger partial charge in [-0.2, -0.15) is 4.57 Å². The smallest absolute Gasteiger partial charge is 0.258 e. The third-order valence-electron chi connectivity index (χ3n) is 10.9. The van der Waals surface area contributed by atoms with Gasteiger partial charge in [0.05, 0.1) is 37.3 Å². The van der Waals surface area contributed by atoms with Gasteiger partial charge in [-0.15, -0.1) is 11.3 Å². The van der Waals surface area contributed by atoms with Crippen molar-refractivity contribution in [2.75, 3.05) is 34.8 Å². The van der Waals surface area contributed by atoms with E-state index in [9.17, 15) is 14.4 Å². The number of hydrogen-bond acceptors (Lipinski definition) is 7. The summed E-state index contributed by atoms with van der Waals surface area (Å²) in [5.41, 5.74) is 9.66. The van der Waals surface area contributed by atoms with E-state index in [1.807, 2.05) is 108 Å². The summed E-state index contributed by atoms with van der Waals surface area (Å²) in [5, 5.41) is 5.95. The fourth-order valence-electron chi connectivity index (χ4n) is 7.86. The maximum Gasteiger partial charge on any atom is 0.258 e. The number of hydrogen-bond donors (Lipinski definition) is 1. The van der Waals surface area contributed by atoms with Crippen LogP contribution in [0, 0.1) is 13.8 Å². The molecular formula is C49H45BrN5O3S2+. The second-order valence-electron chi connectivity index (χ2n) is 14.7. The zero-order valence-electron chi connectivity index (χ0n) is 33.7. The molecule has 3 aliphatic heterocycles. The molecule has 0 saturated heterocycles. The Labute approximate surface area is 367 Å². The number of aromatic nitrogens is 2. The van der Waals surface area contributed by atoms with E-state index in [1.54, 1.807) is 34.4 Å². The van der Waals surface area contributed by atoms with Crippen molar-refractivity contribution in [3.8, 4) is 22.5 Å². The first-order valence-electron chi connectivity index (χ1n) is 20.1. The van der Waals surface area contributed by atoms with Gasteiger partial charge in [-0.1, -0.05) is 106 Å². The maximum absolute atomic E-state index is 13.0. The van der Waals surface area contributed by atoms with Crippen molar-refractivity contribution >= 4 is 73.3 Å². The average molecular weight is 896 g/mol. The summed E-state index contributed by atoms with van der Waals surface area (Å²) < 4.78 is 2.31. The highest BCUT2D eigenvalue weighted by atomic mass is 79.9. The number of rotatable bonds is 2. The highest BCUT2D eigenvalue weighted by molar-refractivity contribution is 9.10. The summed E-state index contributed by atoms with van der Waals surface area (Å²) in [6.45, 7) is 6.46. The molecule has 1 unspecified atom stereocenters. The van der Waals surface area contributed by atoms with Crippen molar-refractivity contribution in [1.82, 2.24) is 4.98 Å². The number of aryl methyl sites for hydroxylation is 2. The number of carbonyl (C=O) groups excluding carboxylic acids is 3. The Kier molecular flexibility index (Phi) is 12.5. The first-order chi connectivity index (χ1) is 29.2. The first-order valence-corrected chi connectivity index (χ1v) is 22.6. The van der Waals surface area contributed by atoms with Gasteiger partial charge < -0.3 is 15.1 Å². The van der Waals surface area contributed by atoms with Gasteiger partial charge in [-0.3, -0.25) is 14.4 Å². The minimum atomic E-state index is -0.243. The van der Waals surface area contributed by atoms with Gasteiger partial charge in [0, 0.05) is 72.2 Å². The molecule has 0 spiro atoms. The quantitative estimate of drug-likeness (QED) is 0.138. The van der Waals surface area contributed by atoms with Crippen LogP contribution in [-0.4, -0.2) is 47.0 Å². The Morgan fingerprint density at radius 3 is 1.90 bits per heavy atom. The van der Waals surface area contributed by atoms with Crippen LogP contribution >= 0.6 is 38.6 Å². The third-order valence-corrected chi connectivity index (χ3v) is 14.0. The number of thiazole rings is 2. The molecule has 7 aromatic rings. The second kappa shape index (κ2) is 18.3. The molecule has 302 valence electrons. The van der Waals surface area contributed by atoms with Crippen LogP contribution in [0.25, 0.3) is 22.5 Å². The standard InChI is InChI=1S/C19H16N2OS.C17H14BrNO2.C13H15N2S/c1-13-20-18-15-9-5-6-10-16(15)21(12-11-17(18)23-13)19(22)14-7-3-2-4-8-14;18-14-10-11-19(17(21)12-6-2-1-3-7-12)15-9-5-4-8-13(15)16(14)20;1-9-15(2)13-10-5-3-4-6-11(10)14-8-7-12(13)16-9/h2-10H,11-12H2,1H3;1-9,14H,10-11H2;3-6,14H,7-8H2,1-2H3/q;;+1. The van der Waals surface area contributed by atoms with E-state index in [4.69, 9.17) is 4.98 Å². The SMILES string of the molecule is Cc1nc2c(s1)CCN(C(=O)c1ccccc1)c1ccccc1-2.Cc1sc2c([n+]1C)-c1ccccc1NCC2.O=C1c2ccccc2N(C(=O)c2ccccc2)CCC1Br. The van der Waals surface area contributed by atoms with Gasteiger partial charge in [0.2, 0.25) is 10.7 Å². The third kappa shape index (κ3) is 8.48. The fourth-order valence-corrected chi connectivity index (χ4v) is 10.4. The molecular weight excluding hydrogens is 851 g/mol. The van der Waals surface area contributed by atoms with Crippen molar-refractivity contribution in [2.24, 2.45) is 7.05 Å². The lowest BCUT2D eigenvalue weighted by molar-refractivity contribution is -0.661. The lowest BCUT2D eigenvalue weighted by Crippen LogP contribution is -2.32. The number of fused-ring (bicyclic) bond motifs is 7. The fraction of sp³-hybridized carbons (Fsp3) is 0.204. The molecule has 8 nitrogen and oxygen atoms in total. The monoisotopic (exact) mass is 894 g/mol. The van der Waals surface area contributed by atoms with Crippen LogP contribution in [0.5, 0.6) is 0 Å². The van der Waals surface area contributed by atoms with Crippen molar-refractivity contribution in [2.45, 2.75) is 37.9 Å². The second-order valence-corrected chi connectivity index (χ2v) is 18.4. The summed E-state index contributed by atoms with van der Waals surface area (Å²) >= 11 is 7.06. The number of benzene rings is 5. The number of halogens is 1. The number of para-hydroxylation sites is 3. The van der Waals surface area contributed by atoms with E-state index in [-0.39, 0.29) is 22.4 Å². The molecule has 5 heterocycles. The van der Waals surface area contributed by atoms with E-state index in [0.717, 1.165) is 46.9 Å². The van der Waals surface area contributed by atoms with Gasteiger partial charge in [0.25, 0.3) is 11.8 Å². The Balaban J connectivity index is 0.000000127. The molecule has 3 aliphatic rings. The zero-order chi connectivity index (χ0) is 41.8. The number of carbonyl (C=O) groups is 3. The predicted octanol–water partition coefficient (Wildman–Crippen LogP) is 10.5. The van der Waals surface area contributed by atoms with E-state index >= 15 is 0 Å². The van der Waals surface area contributed by atoms with Crippen LogP contribution in [0.3, 0.4) is 0 Å². The highest BCUT2D eigenvalue weighted by Gasteiger charge is 2.31. The van der Waals surface area contributed by atoms with Gasteiger partial charge in [0.15, 0.2) is 5.78 Å². The molecule has 5 aromatic carbocycles. The Morgan fingerprint density at radius 2 is 1.23 bits per heavy atom. The van der Waals surface area contributed by atoms with Crippen LogP contribution in [0.2, 0.25) is 0 Å². The van der Waals surface area contributed by atoms with Crippen LogP contribution in [0.4, 0.5) is 17.1 Å². The van der Waals surface area contributed by atoms with Gasteiger partial charge >= 0.3 is 0 Å². The summed E-state index contributed by atoms with van der Waals surface area (Å²) in [5.74, 6) is 0.0105. The van der Waals surface area contributed by atoms with E-state index < -0.39 is 0 Å². The van der Waals surface area contributed by atoms with Crippen LogP contribution in [0.15, 0.2) is 133 Å². The largest absolute Gasteiger partial charge is 0.384 e. The predicted molar refractivity (Wildman–Crippen MR) is 248 cm³/mol. The molecule has 60 heavy (non-hydrogen) atoms. The molecule has 0 saturated carbocycles. The molecule has 1 N–H and O–H groups in total. The molecule has 0 radical (unpaired) electrons. The molecule has 2 aromatic heterocycles. The van der Waals surface area contributed by atoms with Gasteiger partial charge in [-0.25, -0.2) is 4.98 Å². The Bertz CT molecular complexity index is 2680. The van der Waals surface area contributed by atoms with Crippen LogP contribution < -0.4 is 19.7 Å². The maximum atomic E-state index is 13.0. The Morgan fingerprint density at radius 1 is 0.683 bits per heavy atom. The summed E-state index contributed by atoms with van der Waals surface area (Å²) in [6.07, 6.45) is 2.57. The number of ketones is 1. The van der Waals surface area contributed by atoms with Crippen LogP contribution in [-0.2, 0) is 19.9 Å². The number of anilines is 3. The number of Topliss-reactive ketones (excluding diaryl/α,β-unsaturated/α-hetero) is 1. The normalized spacial score (nSPS) is 15.0. The van der Waals surface area contributed by atoms with E-state index in [0.29, 0.717) is 36.3 Å². The van der Waals surface area contributed by atoms with Gasteiger partial charge in [0.1, 0.15) is 7.05 Å². The van der Waals surface area contributed by atoms with Crippen molar-refractivity contribution in [1.29, 1.82) is 0 Å².